The molecule has 1 aromatic carbocycles. The van der Waals surface area contributed by atoms with E-state index in [1.165, 1.54) is 0 Å². The number of nitrogens with one attached hydrogen (secondary N) is 1. The second-order valence-electron chi connectivity index (χ2n) is 5.16. The van der Waals surface area contributed by atoms with Crippen molar-refractivity contribution in [3.8, 4) is 0 Å². The first-order valence-electron chi connectivity index (χ1n) is 6.90. The molecule has 1 amide bonds. The van der Waals surface area contributed by atoms with Crippen LogP contribution in [0.1, 0.15) is 35.7 Å². The van der Waals surface area contributed by atoms with E-state index in [0.29, 0.717) is 6.04 Å². The first-order chi connectivity index (χ1) is 9.11. The summed E-state index contributed by atoms with van der Waals surface area (Å²) in [6, 6.07) is 6.25. The van der Waals surface area contributed by atoms with Gasteiger partial charge in [-0.1, -0.05) is 22.9 Å². The molecule has 1 atom stereocenters. The van der Waals surface area contributed by atoms with Crippen molar-refractivity contribution in [2.75, 3.05) is 19.6 Å². The number of amides is 1. The van der Waals surface area contributed by atoms with Gasteiger partial charge in [0.2, 0.25) is 0 Å². The van der Waals surface area contributed by atoms with Crippen molar-refractivity contribution in [2.24, 2.45) is 0 Å². The highest BCUT2D eigenvalue weighted by Gasteiger charge is 2.26. The van der Waals surface area contributed by atoms with E-state index in [9.17, 15) is 4.79 Å². The van der Waals surface area contributed by atoms with E-state index in [4.69, 9.17) is 0 Å². The van der Waals surface area contributed by atoms with Crippen LogP contribution in [0.4, 0.5) is 0 Å². The molecule has 0 spiro atoms. The number of aryl methyl sites for hydroxylation is 1. The van der Waals surface area contributed by atoms with Gasteiger partial charge in [0.05, 0.1) is 0 Å². The third-order valence-corrected chi connectivity index (χ3v) is 3.95. The molecular formula is C15H22BrClN2O. The minimum atomic E-state index is 0. The number of carbonyl (C=O) groups is 1. The van der Waals surface area contributed by atoms with E-state index in [2.05, 4.69) is 28.2 Å². The summed E-state index contributed by atoms with van der Waals surface area (Å²) in [7, 11) is 0. The van der Waals surface area contributed by atoms with Crippen LogP contribution in [-0.4, -0.2) is 36.5 Å². The molecule has 1 aliphatic heterocycles. The third-order valence-electron chi connectivity index (χ3n) is 3.49. The number of carbonyl (C=O) groups excluding carboxylic acids is 1. The van der Waals surface area contributed by atoms with Crippen molar-refractivity contribution in [3.05, 3.63) is 33.8 Å². The maximum atomic E-state index is 12.7. The Bertz CT molecular complexity index is 441. The van der Waals surface area contributed by atoms with Crippen molar-refractivity contribution in [3.63, 3.8) is 0 Å². The summed E-state index contributed by atoms with van der Waals surface area (Å²) >= 11 is 3.47. The SMILES string of the molecule is CCCN(C(=O)c1cc(C)cc(Br)c1)C1CCNC1.Cl. The lowest BCUT2D eigenvalue weighted by Crippen LogP contribution is -2.42. The zero-order valence-electron chi connectivity index (χ0n) is 12.0. The quantitative estimate of drug-likeness (QED) is 0.891. The Morgan fingerprint density at radius 3 is 2.75 bits per heavy atom. The molecule has 1 fully saturated rings. The van der Waals surface area contributed by atoms with Gasteiger partial charge in [-0.05, 0) is 50.1 Å². The predicted molar refractivity (Wildman–Crippen MR) is 88.7 cm³/mol. The second kappa shape index (κ2) is 8.01. The first-order valence-corrected chi connectivity index (χ1v) is 7.70. The Kier molecular flexibility index (Phi) is 7.00. The molecule has 2 rings (SSSR count). The molecule has 1 heterocycles. The average Bonchev–Trinajstić information content (AvgIpc) is 2.87. The molecule has 0 radical (unpaired) electrons. The Balaban J connectivity index is 0.00000200. The summed E-state index contributed by atoms with van der Waals surface area (Å²) < 4.78 is 0.969. The number of hydrogen-bond donors (Lipinski definition) is 1. The Labute approximate surface area is 135 Å². The maximum Gasteiger partial charge on any atom is 0.254 e. The van der Waals surface area contributed by atoms with Crippen LogP contribution in [0.25, 0.3) is 0 Å². The van der Waals surface area contributed by atoms with Crippen molar-refractivity contribution in [2.45, 2.75) is 32.7 Å². The minimum absolute atomic E-state index is 0. The lowest BCUT2D eigenvalue weighted by molar-refractivity contribution is 0.0692. The molecular weight excluding hydrogens is 340 g/mol. The molecule has 0 saturated carbocycles. The molecule has 1 N–H and O–H groups in total. The second-order valence-corrected chi connectivity index (χ2v) is 6.08. The third kappa shape index (κ3) is 4.21. The summed E-state index contributed by atoms with van der Waals surface area (Å²) in [5.41, 5.74) is 1.89. The highest BCUT2D eigenvalue weighted by Crippen LogP contribution is 2.19. The van der Waals surface area contributed by atoms with E-state index in [-0.39, 0.29) is 18.3 Å². The van der Waals surface area contributed by atoms with Crippen LogP contribution in [-0.2, 0) is 0 Å². The van der Waals surface area contributed by atoms with E-state index in [0.717, 1.165) is 48.1 Å². The van der Waals surface area contributed by atoms with Gasteiger partial charge in [-0.15, -0.1) is 12.4 Å². The van der Waals surface area contributed by atoms with Crippen LogP contribution in [0.15, 0.2) is 22.7 Å². The highest BCUT2D eigenvalue weighted by atomic mass is 79.9. The topological polar surface area (TPSA) is 32.3 Å². The van der Waals surface area contributed by atoms with Crippen molar-refractivity contribution in [1.29, 1.82) is 0 Å². The van der Waals surface area contributed by atoms with Gasteiger partial charge in [0.1, 0.15) is 0 Å². The van der Waals surface area contributed by atoms with Crippen LogP contribution in [0.5, 0.6) is 0 Å². The van der Waals surface area contributed by atoms with E-state index < -0.39 is 0 Å². The van der Waals surface area contributed by atoms with E-state index in [1.54, 1.807) is 0 Å². The van der Waals surface area contributed by atoms with Crippen molar-refractivity contribution >= 4 is 34.2 Å². The molecule has 1 saturated heterocycles. The normalized spacial score (nSPS) is 17.6. The van der Waals surface area contributed by atoms with Gasteiger partial charge < -0.3 is 10.2 Å². The van der Waals surface area contributed by atoms with Gasteiger partial charge >= 0.3 is 0 Å². The fourth-order valence-corrected chi connectivity index (χ4v) is 3.23. The van der Waals surface area contributed by atoms with Crippen molar-refractivity contribution < 1.29 is 4.79 Å². The van der Waals surface area contributed by atoms with E-state index >= 15 is 0 Å². The fourth-order valence-electron chi connectivity index (χ4n) is 2.62. The molecule has 1 aromatic rings. The van der Waals surface area contributed by atoms with Gasteiger partial charge in [0.25, 0.3) is 5.91 Å². The zero-order valence-corrected chi connectivity index (χ0v) is 14.4. The molecule has 112 valence electrons. The number of benzene rings is 1. The lowest BCUT2D eigenvalue weighted by Gasteiger charge is -2.28. The minimum Gasteiger partial charge on any atom is -0.334 e. The molecule has 20 heavy (non-hydrogen) atoms. The zero-order chi connectivity index (χ0) is 13.8. The summed E-state index contributed by atoms with van der Waals surface area (Å²) in [6.45, 7) is 6.89. The van der Waals surface area contributed by atoms with Gasteiger partial charge in [-0.25, -0.2) is 0 Å². The van der Waals surface area contributed by atoms with Gasteiger partial charge in [-0.2, -0.15) is 0 Å². The highest BCUT2D eigenvalue weighted by molar-refractivity contribution is 9.10. The van der Waals surface area contributed by atoms with Crippen LogP contribution in [0, 0.1) is 6.92 Å². The number of halogens is 2. The van der Waals surface area contributed by atoms with Crippen LogP contribution < -0.4 is 5.32 Å². The summed E-state index contributed by atoms with van der Waals surface area (Å²) in [5.74, 6) is 0.153. The molecule has 1 aliphatic rings. The number of rotatable bonds is 4. The van der Waals surface area contributed by atoms with Gasteiger partial charge in [-0.3, -0.25) is 4.79 Å². The molecule has 3 nitrogen and oxygen atoms in total. The summed E-state index contributed by atoms with van der Waals surface area (Å²) in [4.78, 5) is 14.7. The number of hydrogen-bond acceptors (Lipinski definition) is 2. The fraction of sp³-hybridized carbons (Fsp3) is 0.533. The van der Waals surface area contributed by atoms with Gasteiger partial charge in [0, 0.05) is 29.2 Å². The largest absolute Gasteiger partial charge is 0.334 e. The Hall–Kier alpha value is -0.580. The molecule has 0 aliphatic carbocycles. The molecule has 0 aromatic heterocycles. The summed E-state index contributed by atoms with van der Waals surface area (Å²) in [5, 5.41) is 3.34. The van der Waals surface area contributed by atoms with Crippen LogP contribution in [0.3, 0.4) is 0 Å². The average molecular weight is 362 g/mol. The van der Waals surface area contributed by atoms with Gasteiger partial charge in [0.15, 0.2) is 0 Å². The first kappa shape index (κ1) is 17.5. The smallest absolute Gasteiger partial charge is 0.254 e. The van der Waals surface area contributed by atoms with Crippen LogP contribution in [0.2, 0.25) is 0 Å². The standard InChI is InChI=1S/C15H21BrN2O.ClH/c1-3-6-18(14-4-5-17-10-14)15(19)12-7-11(2)8-13(16)9-12;/h7-9,14,17H,3-6,10H2,1-2H3;1H. The summed E-state index contributed by atoms with van der Waals surface area (Å²) in [6.07, 6.45) is 2.05. The predicted octanol–water partition coefficient (Wildman–Crippen LogP) is 3.39. The maximum absolute atomic E-state index is 12.7. The van der Waals surface area contributed by atoms with E-state index in [1.807, 2.05) is 30.0 Å². The van der Waals surface area contributed by atoms with Crippen molar-refractivity contribution in [1.82, 2.24) is 10.2 Å². The number of nitrogens with zero attached hydrogens (tertiary/aromatic N) is 1. The molecule has 0 bridgehead atoms. The Morgan fingerprint density at radius 2 is 2.20 bits per heavy atom. The Morgan fingerprint density at radius 1 is 1.45 bits per heavy atom. The van der Waals surface area contributed by atoms with Crippen LogP contribution >= 0.6 is 28.3 Å². The molecule has 5 heteroatoms. The lowest BCUT2D eigenvalue weighted by atomic mass is 10.1. The molecule has 1 unspecified atom stereocenters. The monoisotopic (exact) mass is 360 g/mol.